The minimum absolute atomic E-state index is 0.293. The lowest BCUT2D eigenvalue weighted by Crippen LogP contribution is -2.17. The van der Waals surface area contributed by atoms with Crippen molar-refractivity contribution in [1.82, 2.24) is 4.98 Å². The number of nitrogens with one attached hydrogen (secondary N) is 2. The lowest BCUT2D eigenvalue weighted by atomic mass is 10.2. The average molecular weight is 376 g/mol. The SMILES string of the molecule is COCCNc1cc(Nc2cc(OC)c(OC)c(OC)c2)ncc1C(N)=O. The van der Waals surface area contributed by atoms with Crippen molar-refractivity contribution in [3.8, 4) is 17.2 Å². The molecule has 2 rings (SSSR count). The van der Waals surface area contributed by atoms with Crippen LogP contribution in [0.4, 0.5) is 17.2 Å². The Morgan fingerprint density at radius 1 is 1.07 bits per heavy atom. The van der Waals surface area contributed by atoms with Gasteiger partial charge in [0.1, 0.15) is 5.82 Å². The van der Waals surface area contributed by atoms with Crippen molar-refractivity contribution in [3.63, 3.8) is 0 Å². The second-order valence-corrected chi connectivity index (χ2v) is 5.44. The monoisotopic (exact) mass is 376 g/mol. The Morgan fingerprint density at radius 3 is 2.26 bits per heavy atom. The van der Waals surface area contributed by atoms with E-state index in [0.29, 0.717) is 53.2 Å². The molecule has 0 atom stereocenters. The molecular formula is C18H24N4O5. The van der Waals surface area contributed by atoms with Crippen LogP contribution in [0.5, 0.6) is 17.2 Å². The highest BCUT2D eigenvalue weighted by molar-refractivity contribution is 5.98. The normalized spacial score (nSPS) is 10.2. The van der Waals surface area contributed by atoms with Crippen LogP contribution < -0.4 is 30.6 Å². The maximum Gasteiger partial charge on any atom is 0.252 e. The van der Waals surface area contributed by atoms with E-state index < -0.39 is 5.91 Å². The minimum Gasteiger partial charge on any atom is -0.493 e. The third kappa shape index (κ3) is 4.91. The number of aromatic nitrogens is 1. The summed E-state index contributed by atoms with van der Waals surface area (Å²) in [6.45, 7) is 1.00. The van der Waals surface area contributed by atoms with E-state index in [4.69, 9.17) is 24.7 Å². The van der Waals surface area contributed by atoms with E-state index in [1.807, 2.05) is 0 Å². The lowest BCUT2D eigenvalue weighted by molar-refractivity contribution is 0.100. The van der Waals surface area contributed by atoms with Crippen LogP contribution in [0.25, 0.3) is 0 Å². The number of ether oxygens (including phenoxy) is 4. The van der Waals surface area contributed by atoms with Gasteiger partial charge in [0, 0.05) is 43.7 Å². The average Bonchev–Trinajstić information content (AvgIpc) is 2.67. The first-order valence-electron chi connectivity index (χ1n) is 8.13. The molecule has 27 heavy (non-hydrogen) atoms. The number of anilines is 3. The summed E-state index contributed by atoms with van der Waals surface area (Å²) in [5, 5.41) is 6.26. The highest BCUT2D eigenvalue weighted by Crippen LogP contribution is 2.40. The van der Waals surface area contributed by atoms with Gasteiger partial charge in [-0.1, -0.05) is 0 Å². The number of nitrogens with zero attached hydrogens (tertiary/aromatic N) is 1. The zero-order valence-corrected chi connectivity index (χ0v) is 15.8. The van der Waals surface area contributed by atoms with E-state index in [-0.39, 0.29) is 0 Å². The summed E-state index contributed by atoms with van der Waals surface area (Å²) < 4.78 is 21.0. The molecule has 0 radical (unpaired) electrons. The number of amides is 1. The first-order valence-corrected chi connectivity index (χ1v) is 8.13. The number of carbonyl (C=O) groups excluding carboxylic acids is 1. The van der Waals surface area contributed by atoms with Gasteiger partial charge in [0.05, 0.1) is 39.2 Å². The molecule has 0 bridgehead atoms. The molecule has 0 aliphatic carbocycles. The van der Waals surface area contributed by atoms with E-state index in [1.165, 1.54) is 13.3 Å². The van der Waals surface area contributed by atoms with Gasteiger partial charge in [-0.15, -0.1) is 0 Å². The molecule has 0 fully saturated rings. The Morgan fingerprint density at radius 2 is 1.74 bits per heavy atom. The molecule has 1 heterocycles. The largest absolute Gasteiger partial charge is 0.493 e. The Bertz CT molecular complexity index is 772. The second-order valence-electron chi connectivity index (χ2n) is 5.44. The van der Waals surface area contributed by atoms with Crippen LogP contribution in [0.1, 0.15) is 10.4 Å². The topological polar surface area (TPSA) is 117 Å². The van der Waals surface area contributed by atoms with Crippen molar-refractivity contribution in [2.24, 2.45) is 5.73 Å². The number of nitrogens with two attached hydrogens (primary N) is 1. The predicted molar refractivity (Wildman–Crippen MR) is 103 cm³/mol. The molecule has 0 spiro atoms. The molecule has 1 aromatic carbocycles. The van der Waals surface area contributed by atoms with Gasteiger partial charge >= 0.3 is 0 Å². The minimum atomic E-state index is -0.568. The Balaban J connectivity index is 2.33. The standard InChI is InChI=1S/C18H24N4O5/c1-24-6-5-20-13-9-16(21-10-12(13)18(19)23)22-11-7-14(25-2)17(27-4)15(8-11)26-3/h7-10H,5-6H2,1-4H3,(H2,19,23)(H2,20,21,22). The number of hydrogen-bond acceptors (Lipinski definition) is 8. The maximum absolute atomic E-state index is 11.6. The van der Waals surface area contributed by atoms with Crippen LogP contribution in [0.15, 0.2) is 24.4 Å². The molecule has 146 valence electrons. The number of carbonyl (C=O) groups is 1. The van der Waals surface area contributed by atoms with Gasteiger partial charge < -0.3 is 35.3 Å². The van der Waals surface area contributed by atoms with E-state index in [1.54, 1.807) is 39.5 Å². The van der Waals surface area contributed by atoms with Gasteiger partial charge in [-0.05, 0) is 0 Å². The highest BCUT2D eigenvalue weighted by Gasteiger charge is 2.15. The summed E-state index contributed by atoms with van der Waals surface area (Å²) in [5.41, 5.74) is 6.94. The summed E-state index contributed by atoms with van der Waals surface area (Å²) in [4.78, 5) is 15.8. The molecule has 0 saturated carbocycles. The fraction of sp³-hybridized carbons (Fsp3) is 0.333. The van der Waals surface area contributed by atoms with E-state index in [2.05, 4.69) is 15.6 Å². The number of hydrogen-bond donors (Lipinski definition) is 3. The Kier molecular flexibility index (Phi) is 7.07. The molecule has 0 aliphatic heterocycles. The van der Waals surface area contributed by atoms with Gasteiger partial charge in [-0.2, -0.15) is 0 Å². The maximum atomic E-state index is 11.6. The molecule has 2 aromatic rings. The van der Waals surface area contributed by atoms with Crippen molar-refractivity contribution < 1.29 is 23.7 Å². The molecule has 0 aliphatic rings. The summed E-state index contributed by atoms with van der Waals surface area (Å²) in [6, 6.07) is 5.20. The molecule has 0 unspecified atom stereocenters. The number of methoxy groups -OCH3 is 4. The molecule has 9 heteroatoms. The quantitative estimate of drug-likeness (QED) is 0.539. The second kappa shape index (κ2) is 9.48. The van der Waals surface area contributed by atoms with Crippen LogP contribution in [-0.4, -0.2) is 52.5 Å². The fourth-order valence-electron chi connectivity index (χ4n) is 2.46. The van der Waals surface area contributed by atoms with Gasteiger partial charge in [-0.3, -0.25) is 4.79 Å². The molecule has 1 amide bonds. The smallest absolute Gasteiger partial charge is 0.252 e. The number of primary amides is 1. The first kappa shape index (κ1) is 20.1. The first-order chi connectivity index (χ1) is 13.0. The molecule has 9 nitrogen and oxygen atoms in total. The molecular weight excluding hydrogens is 352 g/mol. The third-order valence-corrected chi connectivity index (χ3v) is 3.73. The van der Waals surface area contributed by atoms with E-state index >= 15 is 0 Å². The van der Waals surface area contributed by atoms with Crippen LogP contribution in [0.2, 0.25) is 0 Å². The third-order valence-electron chi connectivity index (χ3n) is 3.73. The van der Waals surface area contributed by atoms with Crippen molar-refractivity contribution >= 4 is 23.1 Å². The highest BCUT2D eigenvalue weighted by atomic mass is 16.5. The molecule has 4 N–H and O–H groups in total. The predicted octanol–water partition coefficient (Wildman–Crippen LogP) is 2.01. The molecule has 0 saturated heterocycles. The lowest BCUT2D eigenvalue weighted by Gasteiger charge is -2.16. The zero-order valence-electron chi connectivity index (χ0n) is 15.8. The Hall–Kier alpha value is -3.20. The van der Waals surface area contributed by atoms with Gasteiger partial charge in [-0.25, -0.2) is 4.98 Å². The van der Waals surface area contributed by atoms with Crippen LogP contribution in [0, 0.1) is 0 Å². The molecule has 1 aromatic heterocycles. The van der Waals surface area contributed by atoms with Crippen LogP contribution in [-0.2, 0) is 4.74 Å². The number of rotatable bonds is 10. The Labute approximate surface area is 157 Å². The van der Waals surface area contributed by atoms with Crippen molar-refractivity contribution in [3.05, 3.63) is 30.0 Å². The number of pyridine rings is 1. The van der Waals surface area contributed by atoms with Crippen molar-refractivity contribution in [1.29, 1.82) is 0 Å². The van der Waals surface area contributed by atoms with Crippen molar-refractivity contribution in [2.45, 2.75) is 0 Å². The van der Waals surface area contributed by atoms with E-state index in [0.717, 1.165) is 0 Å². The van der Waals surface area contributed by atoms with Gasteiger partial charge in [0.25, 0.3) is 5.91 Å². The van der Waals surface area contributed by atoms with Crippen LogP contribution >= 0.6 is 0 Å². The van der Waals surface area contributed by atoms with Gasteiger partial charge in [0.15, 0.2) is 11.5 Å². The van der Waals surface area contributed by atoms with Crippen molar-refractivity contribution in [2.75, 3.05) is 52.2 Å². The van der Waals surface area contributed by atoms with Crippen LogP contribution in [0.3, 0.4) is 0 Å². The van der Waals surface area contributed by atoms with Gasteiger partial charge in [0.2, 0.25) is 5.75 Å². The summed E-state index contributed by atoms with van der Waals surface area (Å²) in [5.74, 6) is 1.44. The summed E-state index contributed by atoms with van der Waals surface area (Å²) in [6.07, 6.45) is 1.41. The number of benzene rings is 1. The fourth-order valence-corrected chi connectivity index (χ4v) is 2.46. The summed E-state index contributed by atoms with van der Waals surface area (Å²) in [7, 11) is 6.22. The van der Waals surface area contributed by atoms with E-state index in [9.17, 15) is 4.79 Å². The summed E-state index contributed by atoms with van der Waals surface area (Å²) >= 11 is 0. The zero-order chi connectivity index (χ0) is 19.8.